The van der Waals surface area contributed by atoms with E-state index in [1.54, 1.807) is 26.8 Å². The van der Waals surface area contributed by atoms with Crippen molar-refractivity contribution in [1.82, 2.24) is 5.32 Å². The molecule has 5 nitrogen and oxygen atoms in total. The first-order valence-electron chi connectivity index (χ1n) is 6.97. The Balaban J connectivity index is 2.21. The highest BCUT2D eigenvalue weighted by atomic mass is 32.2. The fraction of sp³-hybridized carbons (Fsp3) is 0.312. The Morgan fingerprint density at radius 2 is 1.91 bits per heavy atom. The highest BCUT2D eigenvalue weighted by Gasteiger charge is 2.19. The van der Waals surface area contributed by atoms with Crippen LogP contribution in [0.3, 0.4) is 0 Å². The van der Waals surface area contributed by atoms with E-state index in [0.717, 1.165) is 12.3 Å². The molecule has 1 aromatic heterocycles. The second-order valence-corrected chi connectivity index (χ2v) is 7.47. The summed E-state index contributed by atoms with van der Waals surface area (Å²) in [6.45, 7) is 5.12. The predicted molar refractivity (Wildman–Crippen MR) is 83.6 cm³/mol. The van der Waals surface area contributed by atoms with Gasteiger partial charge in [-0.05, 0) is 44.5 Å². The molecule has 1 amide bonds. The summed E-state index contributed by atoms with van der Waals surface area (Å²) >= 11 is 0. The van der Waals surface area contributed by atoms with Gasteiger partial charge in [0.1, 0.15) is 22.2 Å². The van der Waals surface area contributed by atoms with E-state index in [1.807, 2.05) is 0 Å². The number of nitrogens with one attached hydrogen (secondary N) is 1. The van der Waals surface area contributed by atoms with Gasteiger partial charge < -0.3 is 9.73 Å². The minimum atomic E-state index is -3.62. The Bertz CT molecular complexity index is 855. The highest BCUT2D eigenvalue weighted by molar-refractivity contribution is 7.90. The third kappa shape index (κ3) is 3.79. The number of rotatable bonds is 4. The second kappa shape index (κ2) is 6.16. The largest absolute Gasteiger partial charge is 0.466 e. The SMILES string of the molecule is Cc1cc(C(=O)N[C@H](C)c2ccc(S(C)(=O)=O)c(F)c2)c(C)o1. The van der Waals surface area contributed by atoms with Crippen LogP contribution in [0, 0.1) is 19.7 Å². The summed E-state index contributed by atoms with van der Waals surface area (Å²) in [4.78, 5) is 11.9. The van der Waals surface area contributed by atoms with Crippen molar-refractivity contribution in [3.8, 4) is 0 Å². The lowest BCUT2D eigenvalue weighted by Crippen LogP contribution is -2.27. The zero-order chi connectivity index (χ0) is 17.4. The van der Waals surface area contributed by atoms with Crippen LogP contribution in [0.5, 0.6) is 0 Å². The summed E-state index contributed by atoms with van der Waals surface area (Å²) in [5.74, 6) is -0.0319. The Morgan fingerprint density at radius 3 is 2.39 bits per heavy atom. The van der Waals surface area contributed by atoms with E-state index < -0.39 is 21.7 Å². The molecule has 0 saturated heterocycles. The Kier molecular flexibility index (Phi) is 4.61. The van der Waals surface area contributed by atoms with Crippen LogP contribution < -0.4 is 5.32 Å². The van der Waals surface area contributed by atoms with Crippen molar-refractivity contribution in [2.24, 2.45) is 0 Å². The van der Waals surface area contributed by atoms with Gasteiger partial charge in [0.2, 0.25) is 0 Å². The lowest BCUT2D eigenvalue weighted by molar-refractivity contribution is 0.0938. The molecule has 0 aliphatic heterocycles. The molecule has 0 saturated carbocycles. The number of aryl methyl sites for hydroxylation is 2. The molecule has 2 aromatic rings. The third-order valence-electron chi connectivity index (χ3n) is 3.49. The summed E-state index contributed by atoms with van der Waals surface area (Å²) < 4.78 is 42.1. The molecule has 7 heteroatoms. The Hall–Kier alpha value is -2.15. The summed E-state index contributed by atoms with van der Waals surface area (Å²) in [5, 5.41) is 2.74. The van der Waals surface area contributed by atoms with E-state index in [9.17, 15) is 17.6 Å². The molecule has 0 bridgehead atoms. The van der Waals surface area contributed by atoms with Gasteiger partial charge in [0.15, 0.2) is 9.84 Å². The van der Waals surface area contributed by atoms with E-state index in [4.69, 9.17) is 4.42 Å². The van der Waals surface area contributed by atoms with Gasteiger partial charge in [-0.2, -0.15) is 0 Å². The summed E-state index contributed by atoms with van der Waals surface area (Å²) in [7, 11) is -3.62. The van der Waals surface area contributed by atoms with E-state index in [2.05, 4.69) is 5.32 Å². The van der Waals surface area contributed by atoms with Crippen LogP contribution in [0.4, 0.5) is 4.39 Å². The highest BCUT2D eigenvalue weighted by Crippen LogP contribution is 2.21. The number of sulfone groups is 1. The predicted octanol–water partition coefficient (Wildman–Crippen LogP) is 2.93. The molecule has 0 unspecified atom stereocenters. The zero-order valence-corrected chi connectivity index (χ0v) is 14.1. The van der Waals surface area contributed by atoms with Crippen LogP contribution in [-0.2, 0) is 9.84 Å². The van der Waals surface area contributed by atoms with Crippen LogP contribution in [0.15, 0.2) is 33.6 Å². The average molecular weight is 339 g/mol. The van der Waals surface area contributed by atoms with E-state index in [0.29, 0.717) is 22.6 Å². The first kappa shape index (κ1) is 17.2. The van der Waals surface area contributed by atoms with Gasteiger partial charge in [-0.1, -0.05) is 6.07 Å². The normalized spacial score (nSPS) is 12.9. The molecule has 1 atom stereocenters. The van der Waals surface area contributed by atoms with Crippen LogP contribution in [0.1, 0.15) is 40.4 Å². The summed E-state index contributed by atoms with van der Waals surface area (Å²) in [6.07, 6.45) is 0.945. The number of carbonyl (C=O) groups is 1. The number of furan rings is 1. The fourth-order valence-electron chi connectivity index (χ4n) is 2.30. The Labute approximate surface area is 134 Å². The third-order valence-corrected chi connectivity index (χ3v) is 4.62. The van der Waals surface area contributed by atoms with Gasteiger partial charge in [-0.25, -0.2) is 12.8 Å². The van der Waals surface area contributed by atoms with Gasteiger partial charge in [0, 0.05) is 6.26 Å². The van der Waals surface area contributed by atoms with Gasteiger partial charge >= 0.3 is 0 Å². The van der Waals surface area contributed by atoms with Crippen molar-refractivity contribution in [3.63, 3.8) is 0 Å². The maximum Gasteiger partial charge on any atom is 0.255 e. The van der Waals surface area contributed by atoms with Gasteiger partial charge in [-0.3, -0.25) is 4.79 Å². The molecule has 0 aliphatic rings. The van der Waals surface area contributed by atoms with Crippen molar-refractivity contribution in [3.05, 3.63) is 52.7 Å². The topological polar surface area (TPSA) is 76.4 Å². The molecule has 0 aliphatic carbocycles. The van der Waals surface area contributed by atoms with Gasteiger partial charge in [0.05, 0.1) is 11.6 Å². The Morgan fingerprint density at radius 1 is 1.26 bits per heavy atom. The quantitative estimate of drug-likeness (QED) is 0.929. The fourth-order valence-corrected chi connectivity index (χ4v) is 3.03. The first-order valence-corrected chi connectivity index (χ1v) is 8.86. The van der Waals surface area contributed by atoms with Crippen molar-refractivity contribution in [1.29, 1.82) is 0 Å². The van der Waals surface area contributed by atoms with Crippen molar-refractivity contribution in [2.45, 2.75) is 31.7 Å². The number of halogens is 1. The lowest BCUT2D eigenvalue weighted by atomic mass is 10.1. The number of amides is 1. The molecule has 0 fully saturated rings. The molecule has 2 rings (SSSR count). The summed E-state index contributed by atoms with van der Waals surface area (Å²) in [6, 6.07) is 4.95. The van der Waals surface area contributed by atoms with Crippen LogP contribution in [0.2, 0.25) is 0 Å². The molecule has 23 heavy (non-hydrogen) atoms. The molecular formula is C16H18FNO4S. The number of hydrogen-bond donors (Lipinski definition) is 1. The van der Waals surface area contributed by atoms with E-state index >= 15 is 0 Å². The zero-order valence-electron chi connectivity index (χ0n) is 13.3. The monoisotopic (exact) mass is 339 g/mol. The van der Waals surface area contributed by atoms with Crippen LogP contribution in [-0.4, -0.2) is 20.6 Å². The summed E-state index contributed by atoms with van der Waals surface area (Å²) in [5.41, 5.74) is 0.892. The van der Waals surface area contributed by atoms with Gasteiger partial charge in [0.25, 0.3) is 5.91 Å². The van der Waals surface area contributed by atoms with Gasteiger partial charge in [-0.15, -0.1) is 0 Å². The minimum Gasteiger partial charge on any atom is -0.466 e. The number of benzene rings is 1. The molecule has 124 valence electrons. The first-order chi connectivity index (χ1) is 10.6. The van der Waals surface area contributed by atoms with E-state index in [-0.39, 0.29) is 10.8 Å². The molecular weight excluding hydrogens is 321 g/mol. The standard InChI is InChI=1S/C16H18FNO4S/c1-9-7-13(11(3)22-9)16(19)18-10(2)12-5-6-15(14(17)8-12)23(4,20)21/h5-8,10H,1-4H3,(H,18,19)/t10-/m1/s1. The molecule has 1 aromatic carbocycles. The smallest absolute Gasteiger partial charge is 0.255 e. The van der Waals surface area contributed by atoms with Crippen LogP contribution >= 0.6 is 0 Å². The number of hydrogen-bond acceptors (Lipinski definition) is 4. The van der Waals surface area contributed by atoms with E-state index in [1.165, 1.54) is 12.1 Å². The molecule has 0 spiro atoms. The lowest BCUT2D eigenvalue weighted by Gasteiger charge is -2.15. The van der Waals surface area contributed by atoms with Crippen molar-refractivity contribution < 1.29 is 22.0 Å². The average Bonchev–Trinajstić information content (AvgIpc) is 2.76. The maximum absolute atomic E-state index is 13.9. The van der Waals surface area contributed by atoms with Crippen molar-refractivity contribution in [2.75, 3.05) is 6.26 Å². The molecule has 1 heterocycles. The maximum atomic E-state index is 13.9. The minimum absolute atomic E-state index is 0.334. The molecule has 0 radical (unpaired) electrons. The van der Waals surface area contributed by atoms with Crippen molar-refractivity contribution >= 4 is 15.7 Å². The van der Waals surface area contributed by atoms with Crippen LogP contribution in [0.25, 0.3) is 0 Å². The second-order valence-electron chi connectivity index (χ2n) is 5.48. The number of carbonyl (C=O) groups excluding carboxylic acids is 1. The molecule has 1 N–H and O–H groups in total.